The molecule has 126 valence electrons. The first-order valence-corrected chi connectivity index (χ1v) is 7.72. The van der Waals surface area contributed by atoms with Crippen LogP contribution in [0.3, 0.4) is 0 Å². The van der Waals surface area contributed by atoms with Gasteiger partial charge in [-0.1, -0.05) is 12.1 Å². The van der Waals surface area contributed by atoms with E-state index in [2.05, 4.69) is 9.97 Å². The molecule has 1 aliphatic heterocycles. The molecule has 2 heterocycles. The summed E-state index contributed by atoms with van der Waals surface area (Å²) in [6.07, 6.45) is 4.72. The predicted molar refractivity (Wildman–Crippen MR) is 84.1 cm³/mol. The normalized spacial score (nSPS) is 17.1. The molecule has 6 nitrogen and oxygen atoms in total. The molecule has 24 heavy (non-hydrogen) atoms. The number of para-hydroxylation sites is 1. The first-order chi connectivity index (χ1) is 11.7. The second-order valence-corrected chi connectivity index (χ2v) is 5.49. The number of benzene rings is 1. The SMILES string of the molecule is COCC(=O)N1CCCC1c1cncc(Oc2ccccc2F)n1. The van der Waals surface area contributed by atoms with Gasteiger partial charge in [0.25, 0.3) is 0 Å². The Bertz CT molecular complexity index is 726. The van der Waals surface area contributed by atoms with E-state index >= 15 is 0 Å². The number of aromatic nitrogens is 2. The Kier molecular flexibility index (Phi) is 5.00. The molecule has 0 N–H and O–H groups in total. The van der Waals surface area contributed by atoms with Gasteiger partial charge in [-0.25, -0.2) is 9.37 Å². The average molecular weight is 331 g/mol. The van der Waals surface area contributed by atoms with E-state index in [0.29, 0.717) is 12.2 Å². The highest BCUT2D eigenvalue weighted by Gasteiger charge is 2.31. The second-order valence-electron chi connectivity index (χ2n) is 5.49. The number of likely N-dealkylation sites (tertiary alicyclic amines) is 1. The molecule has 0 spiro atoms. The molecule has 0 bridgehead atoms. The number of amides is 1. The van der Waals surface area contributed by atoms with Crippen molar-refractivity contribution in [3.8, 4) is 11.6 Å². The Morgan fingerprint density at radius 1 is 1.38 bits per heavy atom. The molecule has 1 aliphatic rings. The van der Waals surface area contributed by atoms with Crippen molar-refractivity contribution in [1.29, 1.82) is 0 Å². The third-order valence-corrected chi connectivity index (χ3v) is 3.86. The van der Waals surface area contributed by atoms with Crippen molar-refractivity contribution in [2.45, 2.75) is 18.9 Å². The van der Waals surface area contributed by atoms with Gasteiger partial charge in [0.15, 0.2) is 11.6 Å². The predicted octanol–water partition coefficient (Wildman–Crippen LogP) is 2.72. The van der Waals surface area contributed by atoms with Crippen LogP contribution in [0.25, 0.3) is 0 Å². The maximum Gasteiger partial charge on any atom is 0.249 e. The first-order valence-electron chi connectivity index (χ1n) is 7.72. The van der Waals surface area contributed by atoms with Gasteiger partial charge >= 0.3 is 0 Å². The van der Waals surface area contributed by atoms with Gasteiger partial charge in [-0.3, -0.25) is 9.78 Å². The maximum atomic E-state index is 13.7. The van der Waals surface area contributed by atoms with Crippen molar-refractivity contribution in [3.05, 3.63) is 48.2 Å². The largest absolute Gasteiger partial charge is 0.434 e. The molecule has 0 radical (unpaired) electrons. The molecule has 7 heteroatoms. The fourth-order valence-corrected chi connectivity index (χ4v) is 2.79. The fraction of sp³-hybridized carbons (Fsp3) is 0.353. The third-order valence-electron chi connectivity index (χ3n) is 3.86. The van der Waals surface area contributed by atoms with E-state index in [0.717, 1.165) is 12.8 Å². The summed E-state index contributed by atoms with van der Waals surface area (Å²) >= 11 is 0. The molecule has 1 aromatic carbocycles. The highest BCUT2D eigenvalue weighted by molar-refractivity contribution is 5.78. The van der Waals surface area contributed by atoms with Gasteiger partial charge in [0.05, 0.1) is 24.1 Å². The molecule has 1 fully saturated rings. The van der Waals surface area contributed by atoms with Crippen LogP contribution in [0.4, 0.5) is 4.39 Å². The van der Waals surface area contributed by atoms with Crippen LogP contribution < -0.4 is 4.74 Å². The van der Waals surface area contributed by atoms with Crippen molar-refractivity contribution in [1.82, 2.24) is 14.9 Å². The monoisotopic (exact) mass is 331 g/mol. The van der Waals surface area contributed by atoms with E-state index in [4.69, 9.17) is 9.47 Å². The second kappa shape index (κ2) is 7.35. The number of carbonyl (C=O) groups is 1. The van der Waals surface area contributed by atoms with Gasteiger partial charge in [0.2, 0.25) is 11.8 Å². The summed E-state index contributed by atoms with van der Waals surface area (Å²) in [5.41, 5.74) is 0.630. The Balaban J connectivity index is 1.80. The lowest BCUT2D eigenvalue weighted by atomic mass is 10.1. The molecular formula is C17H18FN3O3. The zero-order chi connectivity index (χ0) is 16.9. The lowest BCUT2D eigenvalue weighted by Gasteiger charge is -2.24. The zero-order valence-corrected chi connectivity index (χ0v) is 13.3. The van der Waals surface area contributed by atoms with Crippen LogP contribution >= 0.6 is 0 Å². The zero-order valence-electron chi connectivity index (χ0n) is 13.3. The lowest BCUT2D eigenvalue weighted by molar-refractivity contribution is -0.136. The van der Waals surface area contributed by atoms with E-state index in [1.807, 2.05) is 0 Å². The van der Waals surface area contributed by atoms with Crippen LogP contribution in [-0.2, 0) is 9.53 Å². The molecule has 1 atom stereocenters. The van der Waals surface area contributed by atoms with E-state index in [1.54, 1.807) is 23.2 Å². The van der Waals surface area contributed by atoms with Crippen molar-refractivity contribution < 1.29 is 18.7 Å². The third kappa shape index (κ3) is 3.51. The highest BCUT2D eigenvalue weighted by Crippen LogP contribution is 2.32. The van der Waals surface area contributed by atoms with E-state index in [-0.39, 0.29) is 30.2 Å². The average Bonchev–Trinajstić information content (AvgIpc) is 3.07. The Labute approximate surface area is 139 Å². The summed E-state index contributed by atoms with van der Waals surface area (Å²) in [5, 5.41) is 0. The van der Waals surface area contributed by atoms with Crippen LogP contribution in [0, 0.1) is 5.82 Å². The van der Waals surface area contributed by atoms with Gasteiger partial charge in [-0.05, 0) is 25.0 Å². The topological polar surface area (TPSA) is 64.5 Å². The van der Waals surface area contributed by atoms with Crippen LogP contribution in [0.15, 0.2) is 36.7 Å². The minimum Gasteiger partial charge on any atom is -0.434 e. The Hall–Kier alpha value is -2.54. The summed E-state index contributed by atoms with van der Waals surface area (Å²) in [6, 6.07) is 5.94. The van der Waals surface area contributed by atoms with Crippen molar-refractivity contribution >= 4 is 5.91 Å². The number of ether oxygens (including phenoxy) is 2. The van der Waals surface area contributed by atoms with E-state index in [1.165, 1.54) is 25.4 Å². The highest BCUT2D eigenvalue weighted by atomic mass is 19.1. The van der Waals surface area contributed by atoms with Crippen LogP contribution in [-0.4, -0.2) is 41.0 Å². The fourth-order valence-electron chi connectivity index (χ4n) is 2.79. The number of nitrogens with zero attached hydrogens (tertiary/aromatic N) is 3. The summed E-state index contributed by atoms with van der Waals surface area (Å²) in [7, 11) is 1.49. The van der Waals surface area contributed by atoms with Gasteiger partial charge in [0.1, 0.15) is 6.61 Å². The number of carbonyl (C=O) groups excluding carboxylic acids is 1. The van der Waals surface area contributed by atoms with Crippen molar-refractivity contribution in [2.75, 3.05) is 20.3 Å². The van der Waals surface area contributed by atoms with Crippen LogP contribution in [0.5, 0.6) is 11.6 Å². The number of methoxy groups -OCH3 is 1. The number of hydrogen-bond donors (Lipinski definition) is 0. The van der Waals surface area contributed by atoms with Crippen molar-refractivity contribution in [3.63, 3.8) is 0 Å². The molecular weight excluding hydrogens is 313 g/mol. The summed E-state index contributed by atoms with van der Waals surface area (Å²) in [4.78, 5) is 22.4. The minimum atomic E-state index is -0.470. The number of hydrogen-bond acceptors (Lipinski definition) is 5. The van der Waals surface area contributed by atoms with E-state index < -0.39 is 5.82 Å². The van der Waals surface area contributed by atoms with Crippen molar-refractivity contribution in [2.24, 2.45) is 0 Å². The summed E-state index contributed by atoms with van der Waals surface area (Å²) in [6.45, 7) is 0.697. The van der Waals surface area contributed by atoms with Gasteiger partial charge in [0, 0.05) is 13.7 Å². The molecule has 3 rings (SSSR count). The molecule has 0 aliphatic carbocycles. The number of rotatable bonds is 5. The molecule has 0 saturated carbocycles. The summed E-state index contributed by atoms with van der Waals surface area (Å²) in [5.74, 6) is -0.268. The smallest absolute Gasteiger partial charge is 0.249 e. The van der Waals surface area contributed by atoms with Gasteiger partial charge < -0.3 is 14.4 Å². The molecule has 1 aromatic heterocycles. The Morgan fingerprint density at radius 3 is 3.00 bits per heavy atom. The lowest BCUT2D eigenvalue weighted by Crippen LogP contribution is -2.33. The van der Waals surface area contributed by atoms with Crippen LogP contribution in [0.2, 0.25) is 0 Å². The first kappa shape index (κ1) is 16.3. The van der Waals surface area contributed by atoms with Gasteiger partial charge in [-0.15, -0.1) is 0 Å². The molecule has 1 amide bonds. The standard InChI is InChI=1S/C17H18FN3O3/c1-23-11-17(22)21-8-4-6-14(21)13-9-19-10-16(20-13)24-15-7-3-2-5-12(15)18/h2-3,5,7,9-10,14H,4,6,8,11H2,1H3. The molecule has 1 saturated heterocycles. The maximum absolute atomic E-state index is 13.7. The minimum absolute atomic E-state index is 0.0370. The number of halogens is 1. The summed E-state index contributed by atoms with van der Waals surface area (Å²) < 4.78 is 24.1. The Morgan fingerprint density at radius 2 is 2.21 bits per heavy atom. The molecule has 1 unspecified atom stereocenters. The molecule has 2 aromatic rings. The van der Waals surface area contributed by atoms with E-state index in [9.17, 15) is 9.18 Å². The quantitative estimate of drug-likeness (QED) is 0.843. The van der Waals surface area contributed by atoms with Crippen LogP contribution in [0.1, 0.15) is 24.6 Å². The van der Waals surface area contributed by atoms with Gasteiger partial charge in [-0.2, -0.15) is 0 Å².